The van der Waals surface area contributed by atoms with E-state index in [0.29, 0.717) is 25.8 Å². The van der Waals surface area contributed by atoms with Crippen molar-refractivity contribution in [1.29, 1.82) is 0 Å². The van der Waals surface area contributed by atoms with Gasteiger partial charge >= 0.3 is 0 Å². The Morgan fingerprint density at radius 1 is 0.923 bits per heavy atom. The number of halogens is 5. The van der Waals surface area contributed by atoms with Crippen LogP contribution in [0.3, 0.4) is 0 Å². The van der Waals surface area contributed by atoms with Crippen LogP contribution in [0.1, 0.15) is 5.69 Å². The molecule has 0 radical (unpaired) electrons. The van der Waals surface area contributed by atoms with Gasteiger partial charge in [0.1, 0.15) is 0 Å². The topological polar surface area (TPSA) is 75.8 Å². The van der Waals surface area contributed by atoms with E-state index in [1.807, 2.05) is 6.92 Å². The molecule has 1 aromatic heterocycles. The third-order valence-corrected chi connectivity index (χ3v) is 4.57. The summed E-state index contributed by atoms with van der Waals surface area (Å²) in [5.41, 5.74) is 4.54. The second-order valence-electron chi connectivity index (χ2n) is 4.98. The fourth-order valence-electron chi connectivity index (χ4n) is 1.92. The van der Waals surface area contributed by atoms with Gasteiger partial charge < -0.3 is 5.43 Å². The van der Waals surface area contributed by atoms with E-state index in [4.69, 9.17) is 52.2 Å². The van der Waals surface area contributed by atoms with Gasteiger partial charge in [0.25, 0.3) is 5.56 Å². The van der Waals surface area contributed by atoms with E-state index in [-0.39, 0.29) is 18.0 Å². The van der Waals surface area contributed by atoms with Crippen molar-refractivity contribution in [2.45, 2.75) is 6.92 Å². The molecule has 0 spiro atoms. The summed E-state index contributed by atoms with van der Waals surface area (Å²) in [6.07, 6.45) is 0. The number of nitrogen functional groups attached to an aromatic ring is 1. The Labute approximate surface area is 176 Å². The molecule has 0 amide bonds. The first-order chi connectivity index (χ1) is 11.8. The normalized spacial score (nSPS) is 9.77. The minimum Gasteiger partial charge on any atom is -0.324 e. The number of nitrogens with two attached hydrogens (primary N) is 1. The maximum absolute atomic E-state index is 11.5. The van der Waals surface area contributed by atoms with Crippen molar-refractivity contribution in [3.05, 3.63) is 78.6 Å². The Kier molecular flexibility index (Phi) is 8.83. The second kappa shape index (κ2) is 10.1. The number of anilines is 1. The number of aromatic amines is 1. The van der Waals surface area contributed by atoms with Gasteiger partial charge in [0.05, 0.1) is 31.5 Å². The molecule has 4 N–H and O–H groups in total. The first kappa shape index (κ1) is 22.7. The predicted molar refractivity (Wildman–Crippen MR) is 113 cm³/mol. The molecular weight excluding hydrogens is 441 g/mol. The van der Waals surface area contributed by atoms with Crippen LogP contribution in [0.5, 0.6) is 0 Å². The summed E-state index contributed by atoms with van der Waals surface area (Å²) in [6.45, 7) is 1.81. The minimum absolute atomic E-state index is 0. The van der Waals surface area contributed by atoms with Crippen molar-refractivity contribution >= 4 is 64.5 Å². The van der Waals surface area contributed by atoms with Gasteiger partial charge in [-0.1, -0.05) is 46.4 Å². The lowest BCUT2D eigenvalue weighted by Gasteiger charge is -2.03. The Morgan fingerprint density at radius 3 is 1.96 bits per heavy atom. The predicted octanol–water partition coefficient (Wildman–Crippen LogP) is 5.48. The molecule has 1 heterocycles. The number of benzene rings is 2. The Balaban J connectivity index is 0.000000270. The van der Waals surface area contributed by atoms with Crippen LogP contribution in [-0.2, 0) is 0 Å². The number of H-pyrrole nitrogens is 1. The van der Waals surface area contributed by atoms with Crippen molar-refractivity contribution in [3.8, 4) is 5.69 Å². The van der Waals surface area contributed by atoms with E-state index in [1.54, 1.807) is 36.4 Å². The third-order valence-electron chi connectivity index (χ3n) is 3.10. The van der Waals surface area contributed by atoms with Crippen molar-refractivity contribution < 1.29 is 0 Å². The molecule has 3 aromatic rings. The van der Waals surface area contributed by atoms with E-state index in [1.165, 1.54) is 10.7 Å². The Morgan fingerprint density at radius 2 is 1.50 bits per heavy atom. The highest BCUT2D eigenvalue weighted by Gasteiger charge is 2.04. The maximum Gasteiger partial charge on any atom is 0.271 e. The van der Waals surface area contributed by atoms with Gasteiger partial charge in [-0.05, 0) is 43.3 Å². The Bertz CT molecular complexity index is 939. The zero-order valence-corrected chi connectivity index (χ0v) is 17.2. The first-order valence-electron chi connectivity index (χ1n) is 6.97. The van der Waals surface area contributed by atoms with Crippen LogP contribution in [0.15, 0.2) is 47.3 Å². The summed E-state index contributed by atoms with van der Waals surface area (Å²) < 4.78 is 1.41. The van der Waals surface area contributed by atoms with Crippen molar-refractivity contribution in [2.75, 3.05) is 5.43 Å². The molecule has 26 heavy (non-hydrogen) atoms. The zero-order valence-electron chi connectivity index (χ0n) is 13.4. The number of nitrogens with zero attached hydrogens (tertiary/aromatic N) is 1. The van der Waals surface area contributed by atoms with Crippen LogP contribution in [-0.4, -0.2) is 9.78 Å². The van der Waals surface area contributed by atoms with Crippen LogP contribution >= 0.6 is 58.8 Å². The fraction of sp³-hybridized carbons (Fsp3) is 0.0625. The molecule has 10 heteroatoms. The van der Waals surface area contributed by atoms with Crippen LogP contribution in [0.4, 0.5) is 5.69 Å². The van der Waals surface area contributed by atoms with E-state index < -0.39 is 0 Å². The largest absolute Gasteiger partial charge is 0.324 e. The minimum atomic E-state index is -0.120. The van der Waals surface area contributed by atoms with E-state index in [0.717, 1.165) is 11.4 Å². The number of rotatable bonds is 2. The monoisotopic (exact) mass is 454 g/mol. The highest BCUT2D eigenvalue weighted by Crippen LogP contribution is 2.24. The quantitative estimate of drug-likeness (QED) is 0.353. The lowest BCUT2D eigenvalue weighted by molar-refractivity contribution is 0.835. The SMILES string of the molecule is Cc1cc(=O)n(-c2ccc(Cl)c(Cl)c2)[nH]1.Cl.NNc1ccc(Cl)c(Cl)c1. The molecule has 0 atom stereocenters. The second-order valence-corrected chi connectivity index (χ2v) is 6.61. The Hall–Kier alpha value is -1.34. The van der Waals surface area contributed by atoms with Gasteiger partial charge in [0.15, 0.2) is 0 Å². The lowest BCUT2D eigenvalue weighted by atomic mass is 10.3. The summed E-state index contributed by atoms with van der Waals surface area (Å²) in [6, 6.07) is 11.6. The molecule has 0 aliphatic carbocycles. The number of hydrazine groups is 1. The molecule has 0 aliphatic heterocycles. The number of hydrogen-bond donors (Lipinski definition) is 3. The molecule has 0 fully saturated rings. The van der Waals surface area contributed by atoms with Gasteiger partial charge in [-0.2, -0.15) is 0 Å². The third kappa shape index (κ3) is 5.84. The van der Waals surface area contributed by atoms with Crippen LogP contribution < -0.4 is 16.8 Å². The van der Waals surface area contributed by atoms with E-state index in [9.17, 15) is 4.79 Å². The molecule has 3 rings (SSSR count). The smallest absolute Gasteiger partial charge is 0.271 e. The summed E-state index contributed by atoms with van der Waals surface area (Å²) in [7, 11) is 0. The lowest BCUT2D eigenvalue weighted by Crippen LogP contribution is -2.13. The summed E-state index contributed by atoms with van der Waals surface area (Å²) in [4.78, 5) is 11.5. The van der Waals surface area contributed by atoms with Gasteiger partial charge in [-0.3, -0.25) is 15.7 Å². The molecular formula is C16H15Cl5N4O. The highest BCUT2D eigenvalue weighted by molar-refractivity contribution is 6.42. The summed E-state index contributed by atoms with van der Waals surface area (Å²) in [5.74, 6) is 5.12. The van der Waals surface area contributed by atoms with Gasteiger partial charge in [-0.25, -0.2) is 4.68 Å². The van der Waals surface area contributed by atoms with Gasteiger partial charge in [0.2, 0.25) is 0 Å². The molecule has 0 saturated heterocycles. The van der Waals surface area contributed by atoms with Crippen LogP contribution in [0.2, 0.25) is 20.1 Å². The number of nitrogens with one attached hydrogen (secondary N) is 2. The molecule has 0 bridgehead atoms. The van der Waals surface area contributed by atoms with Gasteiger partial charge in [-0.15, -0.1) is 12.4 Å². The highest BCUT2D eigenvalue weighted by atomic mass is 35.5. The molecule has 0 saturated carbocycles. The number of hydrogen-bond acceptors (Lipinski definition) is 3. The fourth-order valence-corrected chi connectivity index (χ4v) is 2.51. The first-order valence-corrected chi connectivity index (χ1v) is 8.48. The molecule has 0 unspecified atom stereocenters. The summed E-state index contributed by atoms with van der Waals surface area (Å²) >= 11 is 22.9. The average Bonchev–Trinajstić information content (AvgIpc) is 2.92. The zero-order chi connectivity index (χ0) is 18.6. The summed E-state index contributed by atoms with van der Waals surface area (Å²) in [5, 5.41) is 4.83. The van der Waals surface area contributed by atoms with E-state index >= 15 is 0 Å². The van der Waals surface area contributed by atoms with Crippen molar-refractivity contribution in [3.63, 3.8) is 0 Å². The van der Waals surface area contributed by atoms with E-state index in [2.05, 4.69) is 10.5 Å². The van der Waals surface area contributed by atoms with Crippen LogP contribution in [0, 0.1) is 6.92 Å². The van der Waals surface area contributed by atoms with Gasteiger partial charge in [0, 0.05) is 11.8 Å². The molecule has 140 valence electrons. The number of aromatic nitrogens is 2. The van der Waals surface area contributed by atoms with Crippen molar-refractivity contribution in [2.24, 2.45) is 5.84 Å². The van der Waals surface area contributed by atoms with Crippen molar-refractivity contribution in [1.82, 2.24) is 9.78 Å². The standard InChI is InChI=1S/C10H8Cl2N2O.C6H6Cl2N2.ClH/c1-6-4-10(15)14(13-6)7-2-3-8(11)9(12)5-7;7-5-2-1-4(10-9)3-6(5)8;/h2-5,13H,1H3;1-3,10H,9H2;1H. The maximum atomic E-state index is 11.5. The molecule has 2 aromatic carbocycles. The average molecular weight is 457 g/mol. The molecule has 5 nitrogen and oxygen atoms in total. The number of aryl methyl sites for hydroxylation is 1. The van der Waals surface area contributed by atoms with Crippen LogP contribution in [0.25, 0.3) is 5.69 Å². The molecule has 0 aliphatic rings.